The van der Waals surface area contributed by atoms with E-state index < -0.39 is 35.5 Å². The summed E-state index contributed by atoms with van der Waals surface area (Å²) in [4.78, 5) is 20.2. The highest BCUT2D eigenvalue weighted by Crippen LogP contribution is 2.34. The number of Topliss-reactive ketones (excluding diaryl/α,β-unsaturated/α-hetero) is 1. The van der Waals surface area contributed by atoms with Crippen LogP contribution in [0.25, 0.3) is 0 Å². The number of carbonyl (C=O) groups is 2. The molecule has 20 heavy (non-hydrogen) atoms. The van der Waals surface area contributed by atoms with E-state index in [4.69, 9.17) is 0 Å². The third-order valence-corrected chi connectivity index (χ3v) is 3.51. The molecule has 0 saturated carbocycles. The Labute approximate surface area is 120 Å². The Balaban J connectivity index is 0. The number of rotatable bonds is 6. The predicted octanol–water partition coefficient (Wildman–Crippen LogP) is 0.664. The summed E-state index contributed by atoms with van der Waals surface area (Å²) in [6.45, 7) is 9.75. The average Bonchev–Trinajstić information content (AvgIpc) is 2.29. The van der Waals surface area contributed by atoms with E-state index in [1.54, 1.807) is 27.7 Å². The average molecular weight is 292 g/mol. The van der Waals surface area contributed by atoms with E-state index in [2.05, 4.69) is 4.74 Å². The van der Waals surface area contributed by atoms with Crippen LogP contribution in [0.3, 0.4) is 0 Å². The highest BCUT2D eigenvalue weighted by molar-refractivity contribution is 6.32. The summed E-state index contributed by atoms with van der Waals surface area (Å²) in [6.07, 6.45) is -1.56. The van der Waals surface area contributed by atoms with Crippen molar-refractivity contribution in [3.8, 4) is 0 Å². The van der Waals surface area contributed by atoms with Crippen LogP contribution < -0.4 is 0 Å². The normalized spacial score (nSPS) is 17.9. The van der Waals surface area contributed by atoms with Crippen LogP contribution in [-0.2, 0) is 14.3 Å². The lowest BCUT2D eigenvalue weighted by Gasteiger charge is -2.40. The second kappa shape index (κ2) is 9.85. The molecule has 0 rings (SSSR count). The molecule has 0 bridgehead atoms. The van der Waals surface area contributed by atoms with Gasteiger partial charge in [0, 0.05) is 12.3 Å². The van der Waals surface area contributed by atoms with Gasteiger partial charge in [-0.2, -0.15) is 0 Å². The summed E-state index contributed by atoms with van der Waals surface area (Å²) in [5, 5.41) is 28.5. The minimum Gasteiger partial charge on any atom is -0.460 e. The third-order valence-electron chi connectivity index (χ3n) is 3.51. The van der Waals surface area contributed by atoms with Gasteiger partial charge in [0.15, 0.2) is 0 Å². The molecule has 3 unspecified atom stereocenters. The molecule has 0 aromatic carbocycles. The van der Waals surface area contributed by atoms with Crippen LogP contribution in [0, 0.1) is 5.41 Å². The monoisotopic (exact) mass is 292 g/mol. The molecule has 6 heteroatoms. The van der Waals surface area contributed by atoms with Crippen LogP contribution in [0.5, 0.6) is 0 Å². The summed E-state index contributed by atoms with van der Waals surface area (Å²) >= 11 is 0. The minimum atomic E-state index is -0.792. The Morgan fingerprint density at radius 2 is 1.35 bits per heavy atom. The van der Waals surface area contributed by atoms with Gasteiger partial charge < -0.3 is 20.1 Å². The van der Waals surface area contributed by atoms with Crippen LogP contribution in [-0.4, -0.2) is 52.0 Å². The highest BCUT2D eigenvalue weighted by Gasteiger charge is 2.42. The van der Waals surface area contributed by atoms with Crippen LogP contribution in [0.15, 0.2) is 0 Å². The Kier molecular flexibility index (Phi) is 10.5. The SMILES string of the molecule is CCC(C(C)O)(C(C)O)C(C)O.CCOC(=O)C(C)=O. The first-order chi connectivity index (χ1) is 9.07. The van der Waals surface area contributed by atoms with Crippen molar-refractivity contribution >= 4 is 11.8 Å². The molecular formula is C14H28O6. The van der Waals surface area contributed by atoms with Crippen molar-refractivity contribution in [1.29, 1.82) is 0 Å². The molecule has 0 aliphatic heterocycles. The van der Waals surface area contributed by atoms with Crippen molar-refractivity contribution in [2.75, 3.05) is 6.61 Å². The second-order valence-electron chi connectivity index (χ2n) is 4.77. The Morgan fingerprint density at radius 1 is 1.00 bits per heavy atom. The summed E-state index contributed by atoms with van der Waals surface area (Å²) in [5.41, 5.74) is -0.792. The van der Waals surface area contributed by atoms with Gasteiger partial charge in [0.05, 0.1) is 24.9 Å². The van der Waals surface area contributed by atoms with Gasteiger partial charge in [-0.05, 0) is 34.1 Å². The lowest BCUT2D eigenvalue weighted by molar-refractivity contribution is -0.152. The highest BCUT2D eigenvalue weighted by atomic mass is 16.5. The van der Waals surface area contributed by atoms with Gasteiger partial charge in [-0.3, -0.25) is 4.79 Å². The molecule has 3 N–H and O–H groups in total. The molecule has 120 valence electrons. The van der Waals surface area contributed by atoms with Gasteiger partial charge in [0.2, 0.25) is 5.78 Å². The molecule has 0 aromatic rings. The number of carbonyl (C=O) groups excluding carboxylic acids is 2. The number of aliphatic hydroxyl groups is 3. The fourth-order valence-electron chi connectivity index (χ4n) is 2.17. The largest absolute Gasteiger partial charge is 0.460 e. The topological polar surface area (TPSA) is 104 Å². The molecule has 6 nitrogen and oxygen atoms in total. The molecule has 0 aliphatic carbocycles. The number of hydrogen-bond acceptors (Lipinski definition) is 6. The van der Waals surface area contributed by atoms with Gasteiger partial charge in [-0.1, -0.05) is 6.92 Å². The smallest absolute Gasteiger partial charge is 0.374 e. The van der Waals surface area contributed by atoms with Crippen molar-refractivity contribution in [2.45, 2.75) is 66.3 Å². The second-order valence-corrected chi connectivity index (χ2v) is 4.77. The summed E-state index contributed by atoms with van der Waals surface area (Å²) in [7, 11) is 0. The van der Waals surface area contributed by atoms with E-state index in [1.807, 2.05) is 6.92 Å². The van der Waals surface area contributed by atoms with Crippen LogP contribution >= 0.6 is 0 Å². The Bertz CT molecular complexity index is 274. The van der Waals surface area contributed by atoms with Gasteiger partial charge >= 0.3 is 5.97 Å². The number of aliphatic hydroxyl groups excluding tert-OH is 3. The molecule has 0 radical (unpaired) electrons. The lowest BCUT2D eigenvalue weighted by atomic mass is 9.71. The minimum absolute atomic E-state index is 0.262. The molecule has 0 fully saturated rings. The molecule has 3 atom stereocenters. The number of ether oxygens (including phenoxy) is 1. The first-order valence-corrected chi connectivity index (χ1v) is 6.79. The summed E-state index contributed by atoms with van der Waals surface area (Å²) < 4.78 is 4.31. The zero-order chi connectivity index (χ0) is 16.5. The van der Waals surface area contributed by atoms with Crippen molar-refractivity contribution in [2.24, 2.45) is 5.41 Å². The fourth-order valence-corrected chi connectivity index (χ4v) is 2.17. The first-order valence-electron chi connectivity index (χ1n) is 6.79. The maximum Gasteiger partial charge on any atom is 0.374 e. The molecular weight excluding hydrogens is 264 g/mol. The lowest BCUT2D eigenvalue weighted by Crippen LogP contribution is -2.50. The summed E-state index contributed by atoms with van der Waals surface area (Å²) in [6, 6.07) is 0. The zero-order valence-electron chi connectivity index (χ0n) is 13.2. The van der Waals surface area contributed by atoms with Gasteiger partial charge in [-0.15, -0.1) is 0 Å². The van der Waals surface area contributed by atoms with Gasteiger partial charge in [0.1, 0.15) is 0 Å². The quantitative estimate of drug-likeness (QED) is 0.491. The summed E-state index contributed by atoms with van der Waals surface area (Å²) in [5.74, 6) is -1.31. The van der Waals surface area contributed by atoms with Gasteiger partial charge in [-0.25, -0.2) is 4.79 Å². The molecule has 0 aliphatic rings. The van der Waals surface area contributed by atoms with E-state index in [0.29, 0.717) is 6.42 Å². The third kappa shape index (κ3) is 5.98. The van der Waals surface area contributed by atoms with Crippen molar-refractivity contribution in [3.05, 3.63) is 0 Å². The predicted molar refractivity (Wildman–Crippen MR) is 75.1 cm³/mol. The first kappa shape index (κ1) is 21.3. The van der Waals surface area contributed by atoms with E-state index in [-0.39, 0.29) is 6.61 Å². The van der Waals surface area contributed by atoms with Crippen molar-refractivity contribution < 1.29 is 29.6 Å². The van der Waals surface area contributed by atoms with Crippen LogP contribution in [0.2, 0.25) is 0 Å². The van der Waals surface area contributed by atoms with Crippen LogP contribution in [0.4, 0.5) is 0 Å². The molecule has 0 saturated heterocycles. The maximum atomic E-state index is 10.2. The number of hydrogen-bond donors (Lipinski definition) is 3. The molecule has 0 spiro atoms. The fraction of sp³-hybridized carbons (Fsp3) is 0.857. The zero-order valence-corrected chi connectivity index (χ0v) is 13.2. The Morgan fingerprint density at radius 3 is 1.40 bits per heavy atom. The molecule has 0 heterocycles. The Hall–Kier alpha value is -0.980. The van der Waals surface area contributed by atoms with Crippen LogP contribution in [0.1, 0.15) is 48.0 Å². The van der Waals surface area contributed by atoms with E-state index >= 15 is 0 Å². The van der Waals surface area contributed by atoms with Gasteiger partial charge in [0.25, 0.3) is 0 Å². The maximum absolute atomic E-state index is 10.2. The van der Waals surface area contributed by atoms with E-state index in [0.717, 1.165) is 0 Å². The van der Waals surface area contributed by atoms with Crippen molar-refractivity contribution in [3.63, 3.8) is 0 Å². The molecule has 0 aromatic heterocycles. The standard InChI is InChI=1S/C9H20O3.C5H8O3/c1-5-9(6(2)10,7(3)11)8(4)12;1-3-8-5(7)4(2)6/h6-8,10-12H,5H2,1-4H3;3H2,1-2H3. The molecule has 0 amide bonds. The van der Waals surface area contributed by atoms with E-state index in [1.165, 1.54) is 6.92 Å². The van der Waals surface area contributed by atoms with E-state index in [9.17, 15) is 24.9 Å². The number of esters is 1. The number of ketones is 1. The van der Waals surface area contributed by atoms with Crippen molar-refractivity contribution in [1.82, 2.24) is 0 Å².